The monoisotopic (exact) mass is 891 g/mol. The van der Waals surface area contributed by atoms with Crippen molar-refractivity contribution in [2.45, 2.75) is 342 Å². The Morgan fingerprint density at radius 2 is 0.542 bits per heavy atom. The minimum atomic E-state index is 0. The van der Waals surface area contributed by atoms with Gasteiger partial charge in [0.15, 0.2) is 0 Å². The Balaban J connectivity index is 0.0000336. The molecule has 1 rings (SSSR count). The molecule has 0 bridgehead atoms. The zero-order chi connectivity index (χ0) is 41.5. The van der Waals surface area contributed by atoms with Crippen molar-refractivity contribution in [1.29, 1.82) is 0 Å². The Labute approximate surface area is 384 Å². The third-order valence-corrected chi connectivity index (χ3v) is 13.6. The van der Waals surface area contributed by atoms with Crippen LogP contribution in [0, 0.1) is 0 Å². The summed E-state index contributed by atoms with van der Waals surface area (Å²) < 4.78 is 5.33. The molecule has 3 heteroatoms. The van der Waals surface area contributed by atoms with Gasteiger partial charge in [-0.15, -0.1) is 0 Å². The fraction of sp³-hybridized carbons (Fsp3) is 0.946. The van der Waals surface area contributed by atoms with Gasteiger partial charge in [0.05, 0.1) is 13.1 Å². The molecule has 0 aliphatic rings. The predicted octanol–water partition coefficient (Wildman–Crippen LogP) is 16.7. The summed E-state index contributed by atoms with van der Waals surface area (Å²) in [6.07, 6.45) is 74.3. The largest absolute Gasteiger partial charge is 1.00 e. The minimum absolute atomic E-state index is 0. The molecular formula is C56H111BrN2. The quantitative estimate of drug-likeness (QED) is 0.0455. The fourth-order valence-electron chi connectivity index (χ4n) is 9.51. The van der Waals surface area contributed by atoms with Crippen LogP contribution in [0.2, 0.25) is 0 Å². The zero-order valence-corrected chi connectivity index (χ0v) is 42.9. The number of nitrogens with zero attached hydrogens (tertiary/aromatic N) is 2. The maximum Gasteiger partial charge on any atom is 0.256 e. The van der Waals surface area contributed by atoms with Crippen LogP contribution in [0.4, 0.5) is 0 Å². The van der Waals surface area contributed by atoms with Gasteiger partial charge >= 0.3 is 0 Å². The van der Waals surface area contributed by atoms with Gasteiger partial charge in [0, 0.05) is 6.42 Å². The molecule has 0 fully saturated rings. The van der Waals surface area contributed by atoms with Gasteiger partial charge in [-0.05, 0) is 32.1 Å². The van der Waals surface area contributed by atoms with Gasteiger partial charge < -0.3 is 17.0 Å². The van der Waals surface area contributed by atoms with Crippen molar-refractivity contribution in [2.75, 3.05) is 0 Å². The molecule has 0 atom stereocenters. The maximum absolute atomic E-state index is 2.67. The van der Waals surface area contributed by atoms with Gasteiger partial charge in [0.1, 0.15) is 12.4 Å². The average molecular weight is 892 g/mol. The lowest BCUT2D eigenvalue weighted by molar-refractivity contribution is -0.704. The van der Waals surface area contributed by atoms with Crippen LogP contribution in [-0.2, 0) is 19.5 Å². The highest BCUT2D eigenvalue weighted by molar-refractivity contribution is 4.84. The topological polar surface area (TPSA) is 8.81 Å². The van der Waals surface area contributed by atoms with Crippen LogP contribution in [0.5, 0.6) is 0 Å². The summed E-state index contributed by atoms with van der Waals surface area (Å²) in [6.45, 7) is 9.42. The van der Waals surface area contributed by atoms with Crippen LogP contribution < -0.4 is 21.5 Å². The standard InChI is InChI=1S/C56H111N2.BrH/c1-4-7-10-13-16-19-22-25-28-31-34-37-40-43-46-49-52-57-54-55-58(53-50-47-44-41-38-35-32-29-26-23-20-17-14-11-8-5-2)56(57)51-48-45-42-39-36-33-30-27-24-21-18-15-12-9-6-3;/h54-55H,4-53H2,1-3H3;1H/q+1;/p-1. The highest BCUT2D eigenvalue weighted by Gasteiger charge is 2.16. The molecule has 0 spiro atoms. The second-order valence-corrected chi connectivity index (χ2v) is 19.4. The summed E-state index contributed by atoms with van der Waals surface area (Å²) >= 11 is 0. The first-order chi connectivity index (χ1) is 28.8. The Hall–Kier alpha value is -0.310. The lowest BCUT2D eigenvalue weighted by atomic mass is 10.0. The van der Waals surface area contributed by atoms with E-state index in [4.69, 9.17) is 0 Å². The van der Waals surface area contributed by atoms with Crippen molar-refractivity contribution in [2.24, 2.45) is 0 Å². The molecule has 352 valence electrons. The zero-order valence-electron chi connectivity index (χ0n) is 41.3. The van der Waals surface area contributed by atoms with E-state index in [1.807, 2.05) is 0 Å². The lowest BCUT2D eigenvalue weighted by Gasteiger charge is -2.07. The highest BCUT2D eigenvalue weighted by Crippen LogP contribution is 2.18. The van der Waals surface area contributed by atoms with Crippen molar-refractivity contribution in [3.8, 4) is 0 Å². The number of aryl methyl sites for hydroxylation is 2. The molecule has 0 aliphatic heterocycles. The fourth-order valence-corrected chi connectivity index (χ4v) is 9.51. The van der Waals surface area contributed by atoms with Crippen LogP contribution in [0.1, 0.15) is 328 Å². The lowest BCUT2D eigenvalue weighted by Crippen LogP contribution is -3.00. The van der Waals surface area contributed by atoms with E-state index in [0.717, 1.165) is 0 Å². The number of unbranched alkanes of at least 4 members (excludes halogenated alkanes) is 44. The van der Waals surface area contributed by atoms with Gasteiger partial charge in [-0.2, -0.15) is 0 Å². The maximum atomic E-state index is 2.67. The molecule has 0 unspecified atom stereocenters. The summed E-state index contributed by atoms with van der Waals surface area (Å²) in [5.74, 6) is 1.64. The number of aromatic nitrogens is 2. The molecule has 0 aliphatic carbocycles. The molecule has 1 aromatic heterocycles. The van der Waals surface area contributed by atoms with Gasteiger partial charge in [0.2, 0.25) is 0 Å². The number of imidazole rings is 1. The molecule has 0 amide bonds. The van der Waals surface area contributed by atoms with E-state index in [2.05, 4.69) is 42.3 Å². The first kappa shape index (κ1) is 58.7. The summed E-state index contributed by atoms with van der Waals surface area (Å²) in [7, 11) is 0. The Morgan fingerprint density at radius 3 is 0.831 bits per heavy atom. The molecule has 0 aromatic carbocycles. The van der Waals surface area contributed by atoms with Crippen LogP contribution in [-0.4, -0.2) is 4.57 Å². The first-order valence-corrected chi connectivity index (χ1v) is 27.9. The van der Waals surface area contributed by atoms with Crippen molar-refractivity contribution in [3.05, 3.63) is 18.2 Å². The van der Waals surface area contributed by atoms with Gasteiger partial charge in [0.25, 0.3) is 5.82 Å². The third kappa shape index (κ3) is 41.5. The normalized spacial score (nSPS) is 11.5. The van der Waals surface area contributed by atoms with Gasteiger partial charge in [-0.25, -0.2) is 9.13 Å². The van der Waals surface area contributed by atoms with Crippen molar-refractivity contribution >= 4 is 0 Å². The molecule has 1 aromatic rings. The summed E-state index contributed by atoms with van der Waals surface area (Å²) in [6, 6.07) is 0. The van der Waals surface area contributed by atoms with E-state index in [0.29, 0.717) is 0 Å². The van der Waals surface area contributed by atoms with Gasteiger partial charge in [-0.1, -0.05) is 290 Å². The molecule has 0 radical (unpaired) electrons. The van der Waals surface area contributed by atoms with Gasteiger partial charge in [-0.3, -0.25) is 0 Å². The van der Waals surface area contributed by atoms with E-state index in [1.54, 1.807) is 5.82 Å². The molecule has 59 heavy (non-hydrogen) atoms. The minimum Gasteiger partial charge on any atom is -1.00 e. The SMILES string of the molecule is CCCCCCCCCCCCCCCCCCn1cc[n+](CCCCCCCCCCCCCCCCCC)c1CCCCCCCCCCCCCCCCC.[Br-]. The van der Waals surface area contributed by atoms with Crippen LogP contribution in [0.25, 0.3) is 0 Å². The summed E-state index contributed by atoms with van der Waals surface area (Å²) in [4.78, 5) is 0. The third-order valence-electron chi connectivity index (χ3n) is 13.6. The molecule has 0 saturated carbocycles. The van der Waals surface area contributed by atoms with Crippen LogP contribution >= 0.6 is 0 Å². The van der Waals surface area contributed by atoms with Crippen molar-refractivity contribution < 1.29 is 21.5 Å². The number of halogens is 1. The molecule has 1 heterocycles. The van der Waals surface area contributed by atoms with E-state index in [1.165, 1.54) is 321 Å². The first-order valence-electron chi connectivity index (χ1n) is 27.9. The van der Waals surface area contributed by atoms with Crippen LogP contribution in [0.3, 0.4) is 0 Å². The molecule has 0 N–H and O–H groups in total. The number of hydrogen-bond donors (Lipinski definition) is 0. The highest BCUT2D eigenvalue weighted by atomic mass is 79.9. The molecule has 0 saturated heterocycles. The van der Waals surface area contributed by atoms with E-state index in [-0.39, 0.29) is 17.0 Å². The van der Waals surface area contributed by atoms with E-state index >= 15 is 0 Å². The predicted molar refractivity (Wildman–Crippen MR) is 262 cm³/mol. The number of rotatable bonds is 50. The second kappa shape index (κ2) is 50.3. The smallest absolute Gasteiger partial charge is 0.256 e. The summed E-state index contributed by atoms with van der Waals surface area (Å²) in [5, 5.41) is 0. The Morgan fingerprint density at radius 1 is 0.305 bits per heavy atom. The average Bonchev–Trinajstić information content (AvgIpc) is 3.62. The summed E-state index contributed by atoms with van der Waals surface area (Å²) in [5.41, 5.74) is 0. The Kier molecular flexibility index (Phi) is 50.1. The molecular weight excluding hydrogens is 781 g/mol. The Bertz CT molecular complexity index is 841. The van der Waals surface area contributed by atoms with Crippen molar-refractivity contribution in [1.82, 2.24) is 4.57 Å². The second-order valence-electron chi connectivity index (χ2n) is 19.4. The van der Waals surface area contributed by atoms with E-state index in [9.17, 15) is 0 Å². The number of hydrogen-bond acceptors (Lipinski definition) is 0. The van der Waals surface area contributed by atoms with E-state index < -0.39 is 0 Å². The van der Waals surface area contributed by atoms with Crippen molar-refractivity contribution in [3.63, 3.8) is 0 Å². The molecule has 2 nitrogen and oxygen atoms in total. The van der Waals surface area contributed by atoms with Crippen LogP contribution in [0.15, 0.2) is 12.4 Å².